The average molecular weight is 783 g/mol. The van der Waals surface area contributed by atoms with Crippen molar-refractivity contribution in [3.63, 3.8) is 0 Å². The molecule has 7 aromatic rings. The molecule has 0 aliphatic heterocycles. The van der Waals surface area contributed by atoms with E-state index in [4.69, 9.17) is 9.22 Å². The molecule has 0 heterocycles. The summed E-state index contributed by atoms with van der Waals surface area (Å²) in [6.45, 7) is 0. The van der Waals surface area contributed by atoms with Crippen LogP contribution in [-0.2, 0) is 0 Å². The average Bonchev–Trinajstić information content (AvgIpc) is 3.15. The van der Waals surface area contributed by atoms with E-state index in [0.717, 1.165) is 17.2 Å². The van der Waals surface area contributed by atoms with E-state index in [1.165, 1.54) is 17.4 Å². The fourth-order valence-electron chi connectivity index (χ4n) is 5.66. The second-order valence-corrected chi connectivity index (χ2v) is 22.5. The van der Waals surface area contributed by atoms with Crippen LogP contribution in [0, 0.1) is 0 Å². The van der Waals surface area contributed by atoms with E-state index in [2.05, 4.69) is 121 Å². The maximum atomic E-state index is 5.99. The molecule has 0 saturated carbocycles. The molecule has 0 atom stereocenters. The second-order valence-electron chi connectivity index (χ2n) is 10.8. The number of hydrogen-bond donors (Lipinski definition) is 0. The Morgan fingerprint density at radius 1 is 0.255 bits per heavy atom. The minimum absolute atomic E-state index is 0.773. The molecular weight excluding hydrogens is 746 g/mol. The molecule has 232 valence electrons. The summed E-state index contributed by atoms with van der Waals surface area (Å²) in [5.74, 6) is 2.32. The van der Waals surface area contributed by atoms with Gasteiger partial charge in [-0.1, -0.05) is 0 Å². The van der Waals surface area contributed by atoms with E-state index in [0.29, 0.717) is 0 Å². The van der Waals surface area contributed by atoms with E-state index in [1.807, 2.05) is 91.0 Å². The van der Waals surface area contributed by atoms with E-state index in [9.17, 15) is 0 Å². The second kappa shape index (κ2) is 16.7. The predicted octanol–water partition coefficient (Wildman–Crippen LogP) is 6.74. The van der Waals surface area contributed by atoms with Crippen molar-refractivity contribution in [1.29, 1.82) is 0 Å². The Hall–Kier alpha value is -4.70. The molecule has 0 radical (unpaired) electrons. The normalized spacial score (nSPS) is 11.1. The molecule has 0 spiro atoms. The molecule has 0 amide bonds. The number of benzene rings is 7. The van der Waals surface area contributed by atoms with E-state index in [-0.39, 0.29) is 0 Å². The SMILES string of the molecule is c1ccc([AsH](c2ccccc2)(c2ccccc2)c2ccccc2)cc1.c1ccc([O][SnH]([O]c2ccccc2)[O]c2ccccc2)cc1. The molecule has 47 heavy (non-hydrogen) atoms. The maximum absolute atomic E-state index is 5.99. The van der Waals surface area contributed by atoms with Crippen molar-refractivity contribution in [2.45, 2.75) is 0 Å². The summed E-state index contributed by atoms with van der Waals surface area (Å²) < 4.78 is 23.8. The van der Waals surface area contributed by atoms with Crippen LogP contribution in [0.5, 0.6) is 17.2 Å². The van der Waals surface area contributed by atoms with E-state index >= 15 is 0 Å². The molecule has 0 aromatic heterocycles. The molecular formula is C42H37AsO3Sn. The molecule has 3 nitrogen and oxygen atoms in total. The van der Waals surface area contributed by atoms with Crippen molar-refractivity contribution in [3.05, 3.63) is 212 Å². The zero-order chi connectivity index (χ0) is 32.0. The third kappa shape index (κ3) is 8.37. The van der Waals surface area contributed by atoms with Gasteiger partial charge in [-0.2, -0.15) is 0 Å². The van der Waals surface area contributed by atoms with Gasteiger partial charge in [-0.3, -0.25) is 0 Å². The molecule has 0 fully saturated rings. The predicted molar refractivity (Wildman–Crippen MR) is 200 cm³/mol. The first-order valence-electron chi connectivity index (χ1n) is 15.7. The molecule has 7 rings (SSSR count). The van der Waals surface area contributed by atoms with Gasteiger partial charge in [-0.15, -0.1) is 0 Å². The Morgan fingerprint density at radius 2 is 0.447 bits per heavy atom. The van der Waals surface area contributed by atoms with Gasteiger partial charge in [0.05, 0.1) is 0 Å². The van der Waals surface area contributed by atoms with Gasteiger partial charge >= 0.3 is 291 Å². The van der Waals surface area contributed by atoms with E-state index < -0.39 is 34.6 Å². The zero-order valence-corrected chi connectivity index (χ0v) is 31.4. The Morgan fingerprint density at radius 3 is 0.660 bits per heavy atom. The number of hydrogen-bond acceptors (Lipinski definition) is 3. The summed E-state index contributed by atoms with van der Waals surface area (Å²) in [4.78, 5) is 0. The first-order valence-corrected chi connectivity index (χ1v) is 23.9. The quantitative estimate of drug-likeness (QED) is 0.144. The van der Waals surface area contributed by atoms with Crippen LogP contribution in [-0.4, -0.2) is 34.6 Å². The summed E-state index contributed by atoms with van der Waals surface area (Å²) >= 11 is -6.19. The van der Waals surface area contributed by atoms with Crippen LogP contribution >= 0.6 is 0 Å². The van der Waals surface area contributed by atoms with Gasteiger partial charge < -0.3 is 0 Å². The zero-order valence-electron chi connectivity index (χ0n) is 26.0. The van der Waals surface area contributed by atoms with Gasteiger partial charge in [0.2, 0.25) is 0 Å². The van der Waals surface area contributed by atoms with E-state index in [1.54, 1.807) is 0 Å². The van der Waals surface area contributed by atoms with Crippen molar-refractivity contribution in [1.82, 2.24) is 0 Å². The Bertz CT molecular complexity index is 1620. The monoisotopic (exact) mass is 784 g/mol. The summed E-state index contributed by atoms with van der Waals surface area (Å²) in [6, 6.07) is 73.2. The van der Waals surface area contributed by atoms with Crippen LogP contribution in [0.1, 0.15) is 0 Å². The van der Waals surface area contributed by atoms with Crippen molar-refractivity contribution >= 4 is 52.0 Å². The molecule has 7 aromatic carbocycles. The van der Waals surface area contributed by atoms with Crippen molar-refractivity contribution < 1.29 is 9.22 Å². The van der Waals surface area contributed by atoms with Gasteiger partial charge in [0.25, 0.3) is 0 Å². The van der Waals surface area contributed by atoms with Crippen molar-refractivity contribution in [3.8, 4) is 17.2 Å². The molecule has 0 N–H and O–H groups in total. The Balaban J connectivity index is 0.000000166. The van der Waals surface area contributed by atoms with Gasteiger partial charge in [-0.05, 0) is 0 Å². The Labute approximate surface area is 288 Å². The molecule has 5 heteroatoms. The van der Waals surface area contributed by atoms with Gasteiger partial charge in [0.15, 0.2) is 0 Å². The van der Waals surface area contributed by atoms with Crippen LogP contribution in [0.15, 0.2) is 212 Å². The van der Waals surface area contributed by atoms with Crippen LogP contribution in [0.2, 0.25) is 0 Å². The molecule has 0 saturated heterocycles. The summed E-state index contributed by atoms with van der Waals surface area (Å²) in [5.41, 5.74) is 0. The first kappa shape index (κ1) is 32.2. The van der Waals surface area contributed by atoms with Crippen LogP contribution in [0.3, 0.4) is 0 Å². The minimum atomic E-state index is -3.20. The summed E-state index contributed by atoms with van der Waals surface area (Å²) in [5, 5.41) is 0. The fourth-order valence-corrected chi connectivity index (χ4v) is 19.3. The molecule has 0 aliphatic carbocycles. The van der Waals surface area contributed by atoms with Gasteiger partial charge in [-0.25, -0.2) is 0 Å². The van der Waals surface area contributed by atoms with Crippen LogP contribution in [0.25, 0.3) is 0 Å². The Kier molecular flexibility index (Phi) is 11.5. The van der Waals surface area contributed by atoms with Gasteiger partial charge in [0, 0.05) is 0 Å². The van der Waals surface area contributed by atoms with Crippen molar-refractivity contribution in [2.75, 3.05) is 0 Å². The topological polar surface area (TPSA) is 27.7 Å². The van der Waals surface area contributed by atoms with Gasteiger partial charge in [0.1, 0.15) is 0 Å². The van der Waals surface area contributed by atoms with Crippen LogP contribution in [0.4, 0.5) is 0 Å². The number of para-hydroxylation sites is 3. The number of rotatable bonds is 10. The third-order valence-electron chi connectivity index (χ3n) is 7.75. The molecule has 0 unspecified atom stereocenters. The van der Waals surface area contributed by atoms with Crippen LogP contribution < -0.4 is 26.6 Å². The summed E-state index contributed by atoms with van der Waals surface area (Å²) in [7, 11) is 0. The first-order chi connectivity index (χ1) is 23.3. The molecule has 0 bridgehead atoms. The summed E-state index contributed by atoms with van der Waals surface area (Å²) in [6.07, 6.45) is 0. The third-order valence-corrected chi connectivity index (χ3v) is 21.8. The standard InChI is InChI=1S/C24H21As.3C6H6O.Sn.H/c1-5-13-21(14-6-1)25(22-15-7-2-8-16-22,23-17-9-3-10-18-23)24-19-11-4-12-20-24;3*7-6-4-2-1-3-5-6;;/h1-20,25H;3*1-5,7H;;/q;;;;+3;/p-3. The molecule has 0 aliphatic rings. The fraction of sp³-hybridized carbons (Fsp3) is 0. The van der Waals surface area contributed by atoms with Crippen molar-refractivity contribution in [2.24, 2.45) is 0 Å².